The number of aliphatic hydroxyl groups is 2. The van der Waals surface area contributed by atoms with Crippen molar-refractivity contribution in [2.24, 2.45) is 11.8 Å². The molecule has 0 saturated carbocycles. The van der Waals surface area contributed by atoms with Gasteiger partial charge in [-0.05, 0) is 34.1 Å². The van der Waals surface area contributed by atoms with Gasteiger partial charge in [-0.3, -0.25) is 24.1 Å². The van der Waals surface area contributed by atoms with Crippen molar-refractivity contribution < 1.29 is 49.8 Å². The van der Waals surface area contributed by atoms with Crippen LogP contribution in [0.5, 0.6) is 0 Å². The van der Waals surface area contributed by atoms with E-state index >= 15 is 0 Å². The summed E-state index contributed by atoms with van der Waals surface area (Å²) in [7, 11) is 0. The molecule has 0 aromatic rings. The third-order valence-electron chi connectivity index (χ3n) is 5.75. The molecule has 0 bridgehead atoms. The lowest BCUT2D eigenvalue weighted by Gasteiger charge is -2.59. The SMILES string of the molecule is CC1(C)CC(O)C(C(CC(=O)O)C(=O)O)C(C)(C)N1CCO.O=C(O)CCSCCC(=O)O. The quantitative estimate of drug-likeness (QED) is 0.211. The summed E-state index contributed by atoms with van der Waals surface area (Å²) in [5.41, 5.74) is -1.18. The number of likely N-dealkylation sites (tertiary alicyclic amines) is 1. The number of hydrogen-bond acceptors (Lipinski definition) is 8. The third-order valence-corrected chi connectivity index (χ3v) is 6.74. The molecule has 0 amide bonds. The van der Waals surface area contributed by atoms with E-state index in [1.165, 1.54) is 11.8 Å². The highest BCUT2D eigenvalue weighted by Crippen LogP contribution is 2.46. The summed E-state index contributed by atoms with van der Waals surface area (Å²) >= 11 is 1.35. The number of carboxylic acid groups (broad SMARTS) is 4. The number of carbonyl (C=O) groups is 4. The number of hydrogen-bond donors (Lipinski definition) is 6. The summed E-state index contributed by atoms with van der Waals surface area (Å²) in [6.07, 6.45) is -0.923. The molecule has 1 rings (SSSR count). The van der Waals surface area contributed by atoms with Crippen molar-refractivity contribution >= 4 is 35.6 Å². The van der Waals surface area contributed by atoms with Crippen LogP contribution >= 0.6 is 11.8 Å². The molecule has 1 saturated heterocycles. The Morgan fingerprint density at radius 2 is 1.42 bits per heavy atom. The number of aliphatic carboxylic acids is 4. The van der Waals surface area contributed by atoms with Crippen molar-refractivity contribution in [3.63, 3.8) is 0 Å². The average Bonchev–Trinajstić information content (AvgIpc) is 2.63. The smallest absolute Gasteiger partial charge is 0.307 e. The van der Waals surface area contributed by atoms with E-state index in [1.807, 2.05) is 18.7 Å². The first kappa shape index (κ1) is 31.1. The highest BCUT2D eigenvalue weighted by atomic mass is 32.2. The van der Waals surface area contributed by atoms with Gasteiger partial charge in [-0.25, -0.2) is 0 Å². The molecule has 1 aliphatic heterocycles. The molecule has 3 unspecified atom stereocenters. The molecule has 0 spiro atoms. The van der Waals surface area contributed by atoms with Crippen LogP contribution in [0.15, 0.2) is 0 Å². The Balaban J connectivity index is 0.000000785. The Morgan fingerprint density at radius 1 is 0.939 bits per heavy atom. The molecule has 6 N–H and O–H groups in total. The van der Waals surface area contributed by atoms with Crippen LogP contribution in [0.3, 0.4) is 0 Å². The molecule has 0 aromatic heterocycles. The maximum Gasteiger partial charge on any atom is 0.307 e. The topological polar surface area (TPSA) is 193 Å². The van der Waals surface area contributed by atoms with Gasteiger partial charge in [0, 0.05) is 35.0 Å². The van der Waals surface area contributed by atoms with Crippen LogP contribution in [0.2, 0.25) is 0 Å². The monoisotopic (exact) mass is 495 g/mol. The molecule has 0 radical (unpaired) electrons. The maximum atomic E-state index is 11.6. The van der Waals surface area contributed by atoms with Crippen LogP contribution in [0, 0.1) is 11.8 Å². The van der Waals surface area contributed by atoms with E-state index in [2.05, 4.69) is 0 Å². The second-order valence-corrected chi connectivity index (χ2v) is 10.3. The van der Waals surface area contributed by atoms with Gasteiger partial charge in [-0.15, -0.1) is 0 Å². The molecule has 0 aromatic carbocycles. The average molecular weight is 496 g/mol. The predicted molar refractivity (Wildman–Crippen MR) is 121 cm³/mol. The molecular weight excluding hydrogens is 458 g/mol. The summed E-state index contributed by atoms with van der Waals surface area (Å²) in [6, 6.07) is 0. The Kier molecular flexibility index (Phi) is 12.9. The first-order valence-corrected chi connectivity index (χ1v) is 11.8. The molecule has 0 aliphatic carbocycles. The molecule has 192 valence electrons. The first-order valence-electron chi connectivity index (χ1n) is 10.6. The summed E-state index contributed by atoms with van der Waals surface area (Å²) in [5.74, 6) is -5.04. The van der Waals surface area contributed by atoms with Crippen LogP contribution in [0.1, 0.15) is 53.4 Å². The molecule has 3 atom stereocenters. The largest absolute Gasteiger partial charge is 0.481 e. The third kappa shape index (κ3) is 10.3. The van der Waals surface area contributed by atoms with Gasteiger partial charge in [0.2, 0.25) is 0 Å². The van der Waals surface area contributed by atoms with Crippen molar-refractivity contribution in [3.05, 3.63) is 0 Å². The van der Waals surface area contributed by atoms with Crippen molar-refractivity contribution in [3.8, 4) is 0 Å². The lowest BCUT2D eigenvalue weighted by molar-refractivity contribution is -0.173. The van der Waals surface area contributed by atoms with E-state index < -0.39 is 59.3 Å². The first-order chi connectivity index (χ1) is 15.1. The fourth-order valence-electron chi connectivity index (χ4n) is 4.61. The van der Waals surface area contributed by atoms with Crippen LogP contribution in [0.4, 0.5) is 0 Å². The van der Waals surface area contributed by atoms with Crippen molar-refractivity contribution in [1.82, 2.24) is 4.90 Å². The van der Waals surface area contributed by atoms with Crippen molar-refractivity contribution in [1.29, 1.82) is 0 Å². The van der Waals surface area contributed by atoms with Gasteiger partial charge in [-0.1, -0.05) is 0 Å². The highest BCUT2D eigenvalue weighted by Gasteiger charge is 2.55. The fourth-order valence-corrected chi connectivity index (χ4v) is 5.45. The van der Waals surface area contributed by atoms with Gasteiger partial charge < -0.3 is 30.6 Å². The minimum absolute atomic E-state index is 0.0909. The van der Waals surface area contributed by atoms with Crippen LogP contribution in [-0.2, 0) is 19.2 Å². The van der Waals surface area contributed by atoms with E-state index in [-0.39, 0.29) is 19.4 Å². The lowest BCUT2D eigenvalue weighted by atomic mass is 9.65. The summed E-state index contributed by atoms with van der Waals surface area (Å²) in [4.78, 5) is 44.5. The molecule has 33 heavy (non-hydrogen) atoms. The van der Waals surface area contributed by atoms with Crippen LogP contribution < -0.4 is 0 Å². The number of nitrogens with zero attached hydrogens (tertiary/aromatic N) is 1. The maximum absolute atomic E-state index is 11.6. The molecule has 1 aliphatic rings. The predicted octanol–water partition coefficient (Wildman–Crippen LogP) is 1.06. The second kappa shape index (κ2) is 13.7. The minimum atomic E-state index is -1.22. The van der Waals surface area contributed by atoms with E-state index in [0.29, 0.717) is 24.5 Å². The number of carboxylic acids is 4. The minimum Gasteiger partial charge on any atom is -0.481 e. The highest BCUT2D eigenvalue weighted by molar-refractivity contribution is 7.99. The van der Waals surface area contributed by atoms with Gasteiger partial charge >= 0.3 is 23.9 Å². The number of β-amino-alcohol motifs (C(OH)–C–C–N with tert-alkyl or cyclic N) is 1. The summed E-state index contributed by atoms with van der Waals surface area (Å²) < 4.78 is 0. The lowest BCUT2D eigenvalue weighted by Crippen LogP contribution is -2.68. The van der Waals surface area contributed by atoms with E-state index in [1.54, 1.807) is 13.8 Å². The molecular formula is C21H37NO10S. The molecule has 1 fully saturated rings. The standard InChI is InChI=1S/C15H27NO6.C6H10O4S/c1-14(2)8-10(18)12(9(13(21)22)7-11(19)20)15(3,4)16(14)5-6-17;7-5(8)1-3-11-4-2-6(9)10/h9-10,12,17-18H,5-8H2,1-4H3,(H,19,20)(H,21,22);1-4H2,(H,7,8)(H,9,10). The van der Waals surface area contributed by atoms with Gasteiger partial charge in [0.25, 0.3) is 0 Å². The van der Waals surface area contributed by atoms with Crippen LogP contribution in [-0.4, -0.2) is 101 Å². The Hall–Kier alpha value is -1.89. The van der Waals surface area contributed by atoms with Gasteiger partial charge in [0.05, 0.1) is 37.9 Å². The summed E-state index contributed by atoms with van der Waals surface area (Å²) in [5, 5.41) is 54.6. The normalized spacial score (nSPS) is 22.5. The Bertz CT molecular complexity index is 666. The van der Waals surface area contributed by atoms with E-state index in [4.69, 9.17) is 15.3 Å². The summed E-state index contributed by atoms with van der Waals surface area (Å²) in [6.45, 7) is 7.70. The van der Waals surface area contributed by atoms with E-state index in [9.17, 15) is 34.5 Å². The zero-order valence-electron chi connectivity index (χ0n) is 19.6. The van der Waals surface area contributed by atoms with E-state index in [0.717, 1.165) is 0 Å². The zero-order chi connectivity index (χ0) is 26.0. The number of thioether (sulfide) groups is 1. The number of rotatable bonds is 12. The molecule has 12 heteroatoms. The number of aliphatic hydroxyl groups excluding tert-OH is 2. The van der Waals surface area contributed by atoms with Crippen LogP contribution in [0.25, 0.3) is 0 Å². The zero-order valence-corrected chi connectivity index (χ0v) is 20.4. The fraction of sp³-hybridized carbons (Fsp3) is 0.810. The number of piperidine rings is 1. The van der Waals surface area contributed by atoms with Gasteiger partial charge in [-0.2, -0.15) is 11.8 Å². The Labute approximate surface area is 197 Å². The van der Waals surface area contributed by atoms with Crippen molar-refractivity contribution in [2.75, 3.05) is 24.7 Å². The molecule has 11 nitrogen and oxygen atoms in total. The van der Waals surface area contributed by atoms with Gasteiger partial charge in [0.15, 0.2) is 0 Å². The Morgan fingerprint density at radius 3 is 1.79 bits per heavy atom. The van der Waals surface area contributed by atoms with Crippen molar-refractivity contribution in [2.45, 2.75) is 70.6 Å². The molecule has 1 heterocycles. The van der Waals surface area contributed by atoms with Gasteiger partial charge in [0.1, 0.15) is 0 Å². The second-order valence-electron chi connectivity index (χ2n) is 9.08.